The van der Waals surface area contributed by atoms with Gasteiger partial charge in [-0.05, 0) is 19.1 Å². The standard InChI is InChI=1S/C13H11F3N4O4/c1-2-24-12(21)7-6-18-19(11(7)17)9-5-3-4-8(13(14,15)16)10(9)20(22)23/h3-6H,2,17H2,1H3. The first-order valence-electron chi connectivity index (χ1n) is 6.54. The number of benzene rings is 1. The average Bonchev–Trinajstić information content (AvgIpc) is 2.87. The summed E-state index contributed by atoms with van der Waals surface area (Å²) >= 11 is 0. The number of alkyl halides is 3. The smallest absolute Gasteiger partial charge is 0.423 e. The highest BCUT2D eigenvalue weighted by Gasteiger charge is 2.40. The van der Waals surface area contributed by atoms with Crippen LogP contribution in [0.3, 0.4) is 0 Å². The predicted molar refractivity (Wildman–Crippen MR) is 75.6 cm³/mol. The summed E-state index contributed by atoms with van der Waals surface area (Å²) in [6.45, 7) is 1.60. The Hall–Kier alpha value is -3.11. The molecule has 0 saturated heterocycles. The molecular weight excluding hydrogens is 333 g/mol. The van der Waals surface area contributed by atoms with Gasteiger partial charge < -0.3 is 10.5 Å². The molecule has 2 rings (SSSR count). The third-order valence-corrected chi connectivity index (χ3v) is 3.03. The number of esters is 1. The molecule has 0 radical (unpaired) electrons. The maximum Gasteiger partial charge on any atom is 0.423 e. The Balaban J connectivity index is 2.66. The van der Waals surface area contributed by atoms with Gasteiger partial charge in [-0.1, -0.05) is 6.07 Å². The number of nitro groups is 1. The van der Waals surface area contributed by atoms with Gasteiger partial charge in [0.2, 0.25) is 0 Å². The monoisotopic (exact) mass is 344 g/mol. The number of anilines is 1. The molecule has 2 N–H and O–H groups in total. The van der Waals surface area contributed by atoms with Gasteiger partial charge >= 0.3 is 17.8 Å². The van der Waals surface area contributed by atoms with Crippen molar-refractivity contribution >= 4 is 17.5 Å². The molecule has 1 aromatic heterocycles. The lowest BCUT2D eigenvalue weighted by molar-refractivity contribution is -0.387. The van der Waals surface area contributed by atoms with Crippen molar-refractivity contribution in [2.45, 2.75) is 13.1 Å². The number of aromatic nitrogens is 2. The van der Waals surface area contributed by atoms with Crippen molar-refractivity contribution < 1.29 is 27.6 Å². The molecule has 24 heavy (non-hydrogen) atoms. The van der Waals surface area contributed by atoms with Gasteiger partial charge in [0, 0.05) is 0 Å². The van der Waals surface area contributed by atoms with E-state index in [-0.39, 0.29) is 18.0 Å². The van der Waals surface area contributed by atoms with E-state index >= 15 is 0 Å². The Morgan fingerprint density at radius 2 is 2.12 bits per heavy atom. The minimum atomic E-state index is -4.94. The number of nitrogens with two attached hydrogens (primary N) is 1. The highest BCUT2D eigenvalue weighted by Crippen LogP contribution is 2.39. The number of carbonyl (C=O) groups excluding carboxylic acids is 1. The van der Waals surface area contributed by atoms with Crippen LogP contribution in [-0.2, 0) is 10.9 Å². The van der Waals surface area contributed by atoms with Crippen LogP contribution >= 0.6 is 0 Å². The zero-order chi connectivity index (χ0) is 18.1. The second-order valence-corrected chi connectivity index (χ2v) is 4.50. The SMILES string of the molecule is CCOC(=O)c1cnn(-c2cccc(C(F)(F)F)c2[N+](=O)[O-])c1N. The first kappa shape index (κ1) is 17.2. The molecule has 0 spiro atoms. The van der Waals surface area contributed by atoms with Crippen molar-refractivity contribution in [1.82, 2.24) is 9.78 Å². The summed E-state index contributed by atoms with van der Waals surface area (Å²) < 4.78 is 44.4. The Morgan fingerprint density at radius 1 is 1.46 bits per heavy atom. The summed E-state index contributed by atoms with van der Waals surface area (Å²) in [5.41, 5.74) is 2.31. The summed E-state index contributed by atoms with van der Waals surface area (Å²) in [4.78, 5) is 21.7. The molecule has 0 aliphatic carbocycles. The van der Waals surface area contributed by atoms with Gasteiger partial charge in [0.15, 0.2) is 0 Å². The minimum Gasteiger partial charge on any atom is -0.462 e. The summed E-state index contributed by atoms with van der Waals surface area (Å²) in [6.07, 6.45) is -3.97. The number of hydrogen-bond donors (Lipinski definition) is 1. The van der Waals surface area contributed by atoms with Crippen molar-refractivity contribution in [2.24, 2.45) is 0 Å². The Kier molecular flexibility index (Phi) is 4.44. The molecule has 0 amide bonds. The summed E-state index contributed by atoms with van der Waals surface area (Å²) in [5, 5.41) is 14.8. The van der Waals surface area contributed by atoms with Crippen LogP contribution in [-0.4, -0.2) is 27.3 Å². The molecule has 2 aromatic rings. The fraction of sp³-hybridized carbons (Fsp3) is 0.231. The molecule has 0 fully saturated rings. The highest BCUT2D eigenvalue weighted by molar-refractivity contribution is 5.94. The maximum atomic E-state index is 13.0. The molecule has 11 heteroatoms. The number of para-hydroxylation sites is 1. The summed E-state index contributed by atoms with van der Waals surface area (Å²) in [7, 11) is 0. The predicted octanol–water partition coefficient (Wildman–Crippen LogP) is 2.56. The van der Waals surface area contributed by atoms with Gasteiger partial charge in [0.1, 0.15) is 22.6 Å². The molecule has 128 valence electrons. The van der Waals surface area contributed by atoms with Gasteiger partial charge in [0.05, 0.1) is 17.7 Å². The highest BCUT2D eigenvalue weighted by atomic mass is 19.4. The first-order chi connectivity index (χ1) is 11.2. The number of rotatable bonds is 4. The second-order valence-electron chi connectivity index (χ2n) is 4.50. The molecule has 8 nitrogen and oxygen atoms in total. The Bertz CT molecular complexity index is 801. The van der Waals surface area contributed by atoms with E-state index in [0.717, 1.165) is 18.3 Å². The maximum absolute atomic E-state index is 13.0. The van der Waals surface area contributed by atoms with Crippen LogP contribution in [0.5, 0.6) is 0 Å². The molecule has 0 atom stereocenters. The molecule has 1 heterocycles. The number of halogens is 3. The second kappa shape index (κ2) is 6.18. The lowest BCUT2D eigenvalue weighted by Gasteiger charge is -2.11. The van der Waals surface area contributed by atoms with Crippen LogP contribution in [0.25, 0.3) is 5.69 Å². The van der Waals surface area contributed by atoms with Crippen molar-refractivity contribution in [2.75, 3.05) is 12.3 Å². The lowest BCUT2D eigenvalue weighted by atomic mass is 10.1. The van der Waals surface area contributed by atoms with E-state index in [1.165, 1.54) is 0 Å². The van der Waals surface area contributed by atoms with Crippen LogP contribution in [0.4, 0.5) is 24.7 Å². The third-order valence-electron chi connectivity index (χ3n) is 3.03. The van der Waals surface area contributed by atoms with Crippen LogP contribution in [0.15, 0.2) is 24.4 Å². The van der Waals surface area contributed by atoms with Crippen molar-refractivity contribution in [3.05, 3.63) is 45.6 Å². The van der Waals surface area contributed by atoms with Crippen molar-refractivity contribution in [3.63, 3.8) is 0 Å². The van der Waals surface area contributed by atoms with Gasteiger partial charge in [-0.2, -0.15) is 18.3 Å². The summed E-state index contributed by atoms with van der Waals surface area (Å²) in [6, 6.07) is 2.61. The molecule has 0 unspecified atom stereocenters. The Morgan fingerprint density at radius 3 is 2.67 bits per heavy atom. The van der Waals surface area contributed by atoms with Gasteiger partial charge in [-0.15, -0.1) is 0 Å². The van der Waals surface area contributed by atoms with E-state index in [1.54, 1.807) is 6.92 Å². The van der Waals surface area contributed by atoms with E-state index in [0.29, 0.717) is 10.7 Å². The fourth-order valence-electron chi connectivity index (χ4n) is 2.04. The zero-order valence-electron chi connectivity index (χ0n) is 12.2. The minimum absolute atomic E-state index is 0.0488. The number of hydrogen-bond acceptors (Lipinski definition) is 6. The van der Waals surface area contributed by atoms with E-state index < -0.39 is 34.0 Å². The molecular formula is C13H11F3N4O4. The molecule has 0 aliphatic rings. The lowest BCUT2D eigenvalue weighted by Crippen LogP contribution is -2.14. The van der Waals surface area contributed by atoms with Gasteiger partial charge in [-0.25, -0.2) is 9.48 Å². The molecule has 0 aliphatic heterocycles. The quantitative estimate of drug-likeness (QED) is 0.518. The van der Waals surface area contributed by atoms with Crippen molar-refractivity contribution in [3.8, 4) is 5.69 Å². The van der Waals surface area contributed by atoms with E-state index in [9.17, 15) is 28.1 Å². The first-order valence-corrected chi connectivity index (χ1v) is 6.54. The number of carbonyl (C=O) groups is 1. The van der Waals surface area contributed by atoms with Crippen LogP contribution < -0.4 is 5.73 Å². The number of nitrogens with zero attached hydrogens (tertiary/aromatic N) is 3. The van der Waals surface area contributed by atoms with Gasteiger partial charge in [-0.3, -0.25) is 10.1 Å². The van der Waals surface area contributed by atoms with Crippen LogP contribution in [0.2, 0.25) is 0 Å². The average molecular weight is 344 g/mol. The van der Waals surface area contributed by atoms with Crippen LogP contribution in [0, 0.1) is 10.1 Å². The normalized spacial score (nSPS) is 11.3. The number of nitrogen functional groups attached to an aromatic ring is 1. The largest absolute Gasteiger partial charge is 0.462 e. The zero-order valence-corrected chi connectivity index (χ0v) is 12.2. The van der Waals surface area contributed by atoms with Gasteiger partial charge in [0.25, 0.3) is 0 Å². The van der Waals surface area contributed by atoms with Crippen LogP contribution in [0.1, 0.15) is 22.8 Å². The van der Waals surface area contributed by atoms with E-state index in [1.807, 2.05) is 0 Å². The molecule has 1 aromatic carbocycles. The fourth-order valence-corrected chi connectivity index (χ4v) is 2.04. The Labute approximate surface area is 132 Å². The van der Waals surface area contributed by atoms with E-state index in [4.69, 9.17) is 10.5 Å². The number of nitro benzene ring substituents is 1. The van der Waals surface area contributed by atoms with E-state index in [2.05, 4.69) is 5.10 Å². The molecule has 0 saturated carbocycles. The number of ether oxygens (including phenoxy) is 1. The third kappa shape index (κ3) is 3.00. The molecule has 0 bridgehead atoms. The van der Waals surface area contributed by atoms with Crippen molar-refractivity contribution in [1.29, 1.82) is 0 Å². The topological polar surface area (TPSA) is 113 Å². The summed E-state index contributed by atoms with van der Waals surface area (Å²) in [5.74, 6) is -1.20.